The van der Waals surface area contributed by atoms with Gasteiger partial charge in [0.1, 0.15) is 0 Å². The van der Waals surface area contributed by atoms with Crippen LogP contribution in [0.4, 0.5) is 0 Å². The fourth-order valence-corrected chi connectivity index (χ4v) is 5.33. The van der Waals surface area contributed by atoms with Gasteiger partial charge in [-0.1, -0.05) is 0 Å². The van der Waals surface area contributed by atoms with Crippen molar-refractivity contribution in [3.05, 3.63) is 48.0 Å². The van der Waals surface area contributed by atoms with Crippen LogP contribution < -0.4 is 0 Å². The second-order valence-electron chi connectivity index (χ2n) is 5.53. The van der Waals surface area contributed by atoms with E-state index in [0.29, 0.717) is 14.5 Å². The van der Waals surface area contributed by atoms with E-state index in [9.17, 15) is 0 Å². The van der Waals surface area contributed by atoms with Crippen molar-refractivity contribution < 1.29 is 0 Å². The first kappa shape index (κ1) is 11.1. The van der Waals surface area contributed by atoms with Crippen molar-refractivity contribution in [3.8, 4) is 0 Å². The van der Waals surface area contributed by atoms with Crippen LogP contribution in [0, 0.1) is 0 Å². The average molecular weight is 287 g/mol. The monoisotopic (exact) mass is 288 g/mol. The molecule has 0 aliphatic carbocycles. The Bertz CT molecular complexity index is 683. The van der Waals surface area contributed by atoms with E-state index in [0.717, 1.165) is 0 Å². The van der Waals surface area contributed by atoms with Crippen LogP contribution in [0.3, 0.4) is 0 Å². The molecule has 0 spiro atoms. The third-order valence-electron chi connectivity index (χ3n) is 3.21. The van der Waals surface area contributed by atoms with Gasteiger partial charge in [0.2, 0.25) is 0 Å². The van der Waals surface area contributed by atoms with Gasteiger partial charge in [-0.25, -0.2) is 0 Å². The molecule has 0 aliphatic rings. The Labute approximate surface area is 108 Å². The standard InChI is InChI=1S/C16H16Se/c1-16(2,3)13-9-6-8-12-11-7-4-5-10-14(11)17-15(12)13/h4-10H,1-3H3. The molecule has 0 N–H and O–H groups in total. The molecule has 0 saturated heterocycles. The van der Waals surface area contributed by atoms with E-state index in [-0.39, 0.29) is 5.41 Å². The Kier molecular flexibility index (Phi) is 2.43. The third-order valence-corrected chi connectivity index (χ3v) is 5.77. The summed E-state index contributed by atoms with van der Waals surface area (Å²) < 4.78 is 3.13. The molecule has 0 aliphatic heterocycles. The molecule has 1 heteroatoms. The summed E-state index contributed by atoms with van der Waals surface area (Å²) in [5, 5.41) is 2.92. The van der Waals surface area contributed by atoms with Gasteiger partial charge < -0.3 is 0 Å². The molecule has 0 amide bonds. The summed E-state index contributed by atoms with van der Waals surface area (Å²) in [7, 11) is 0. The van der Waals surface area contributed by atoms with Crippen LogP contribution in [0.1, 0.15) is 26.3 Å². The molecule has 0 atom stereocenters. The molecule has 2 aromatic carbocycles. The minimum atomic E-state index is 0.245. The van der Waals surface area contributed by atoms with Gasteiger partial charge in [0.25, 0.3) is 0 Å². The Morgan fingerprint density at radius 1 is 0.824 bits per heavy atom. The van der Waals surface area contributed by atoms with Gasteiger partial charge in [-0.15, -0.1) is 0 Å². The van der Waals surface area contributed by atoms with E-state index in [1.165, 1.54) is 20.6 Å². The molecule has 3 aromatic rings. The van der Waals surface area contributed by atoms with E-state index in [1.807, 2.05) is 0 Å². The zero-order valence-electron chi connectivity index (χ0n) is 10.4. The van der Waals surface area contributed by atoms with E-state index in [4.69, 9.17) is 0 Å². The summed E-state index contributed by atoms with van der Waals surface area (Å²) in [5.41, 5.74) is 1.76. The molecular weight excluding hydrogens is 271 g/mol. The fourth-order valence-electron chi connectivity index (χ4n) is 2.34. The minimum absolute atomic E-state index is 0.245. The maximum absolute atomic E-state index is 2.31. The van der Waals surface area contributed by atoms with Crippen molar-refractivity contribution >= 4 is 33.8 Å². The molecule has 0 fully saturated rings. The predicted molar refractivity (Wildman–Crippen MR) is 77.1 cm³/mol. The molecule has 1 heterocycles. The van der Waals surface area contributed by atoms with Crippen molar-refractivity contribution in [1.29, 1.82) is 0 Å². The molecule has 0 saturated carbocycles. The summed E-state index contributed by atoms with van der Waals surface area (Å²) in [6.07, 6.45) is 0. The Morgan fingerprint density at radius 2 is 1.53 bits per heavy atom. The molecular formula is C16H16Se. The molecule has 17 heavy (non-hydrogen) atoms. The maximum atomic E-state index is 2.31. The van der Waals surface area contributed by atoms with Gasteiger partial charge >= 0.3 is 108 Å². The molecule has 3 rings (SSSR count). The van der Waals surface area contributed by atoms with Crippen LogP contribution in [-0.2, 0) is 5.41 Å². The molecule has 1 aromatic heterocycles. The molecule has 0 radical (unpaired) electrons. The van der Waals surface area contributed by atoms with Crippen molar-refractivity contribution in [1.82, 2.24) is 0 Å². The topological polar surface area (TPSA) is 0 Å². The van der Waals surface area contributed by atoms with Crippen LogP contribution in [0.5, 0.6) is 0 Å². The Balaban J connectivity index is 2.48. The zero-order valence-corrected chi connectivity index (χ0v) is 12.2. The van der Waals surface area contributed by atoms with Crippen LogP contribution >= 0.6 is 0 Å². The quantitative estimate of drug-likeness (QED) is 0.539. The zero-order chi connectivity index (χ0) is 12.0. The number of rotatable bonds is 0. The van der Waals surface area contributed by atoms with Crippen LogP contribution in [0.25, 0.3) is 19.3 Å². The fraction of sp³-hybridized carbons (Fsp3) is 0.250. The molecule has 86 valence electrons. The van der Waals surface area contributed by atoms with Gasteiger partial charge in [0.15, 0.2) is 0 Å². The van der Waals surface area contributed by atoms with Gasteiger partial charge in [0.05, 0.1) is 0 Å². The molecule has 0 bridgehead atoms. The van der Waals surface area contributed by atoms with Crippen LogP contribution in [-0.4, -0.2) is 14.5 Å². The number of benzene rings is 2. The second kappa shape index (κ2) is 3.73. The predicted octanol–water partition coefficient (Wildman–Crippen LogP) is 4.35. The Hall–Kier alpha value is -1.04. The van der Waals surface area contributed by atoms with Gasteiger partial charge in [-0.3, -0.25) is 0 Å². The van der Waals surface area contributed by atoms with Gasteiger partial charge in [0, 0.05) is 0 Å². The van der Waals surface area contributed by atoms with Crippen molar-refractivity contribution in [2.75, 3.05) is 0 Å². The number of hydrogen-bond donors (Lipinski definition) is 0. The molecule has 0 unspecified atom stereocenters. The second-order valence-corrected chi connectivity index (χ2v) is 7.74. The van der Waals surface area contributed by atoms with Crippen molar-refractivity contribution in [2.24, 2.45) is 0 Å². The molecule has 0 nitrogen and oxygen atoms in total. The summed E-state index contributed by atoms with van der Waals surface area (Å²) >= 11 is 0.482. The van der Waals surface area contributed by atoms with E-state index in [2.05, 4.69) is 63.2 Å². The average Bonchev–Trinajstić information content (AvgIpc) is 2.65. The van der Waals surface area contributed by atoms with Gasteiger partial charge in [-0.2, -0.15) is 0 Å². The first-order valence-electron chi connectivity index (χ1n) is 5.98. The Morgan fingerprint density at radius 3 is 2.29 bits per heavy atom. The van der Waals surface area contributed by atoms with E-state index >= 15 is 0 Å². The number of hydrogen-bond acceptors (Lipinski definition) is 0. The number of fused-ring (bicyclic) bond motifs is 3. The van der Waals surface area contributed by atoms with Crippen molar-refractivity contribution in [2.45, 2.75) is 26.2 Å². The van der Waals surface area contributed by atoms with E-state index < -0.39 is 0 Å². The summed E-state index contributed by atoms with van der Waals surface area (Å²) in [5.74, 6) is 0. The van der Waals surface area contributed by atoms with Crippen LogP contribution in [0.15, 0.2) is 42.5 Å². The van der Waals surface area contributed by atoms with E-state index in [1.54, 1.807) is 4.26 Å². The first-order chi connectivity index (χ1) is 8.07. The summed E-state index contributed by atoms with van der Waals surface area (Å²) in [4.78, 5) is 0. The third kappa shape index (κ3) is 1.74. The van der Waals surface area contributed by atoms with Gasteiger partial charge in [-0.05, 0) is 0 Å². The summed E-state index contributed by atoms with van der Waals surface area (Å²) in [6, 6.07) is 15.6. The van der Waals surface area contributed by atoms with Crippen molar-refractivity contribution in [3.63, 3.8) is 0 Å². The first-order valence-corrected chi connectivity index (χ1v) is 7.69. The normalized spacial score (nSPS) is 12.4. The SMILES string of the molecule is CC(C)(C)c1cccc2c1[se]c1ccccc12. The summed E-state index contributed by atoms with van der Waals surface area (Å²) in [6.45, 7) is 6.92. The van der Waals surface area contributed by atoms with Crippen LogP contribution in [0.2, 0.25) is 0 Å².